The van der Waals surface area contributed by atoms with E-state index < -0.39 is 0 Å². The average Bonchev–Trinajstić information content (AvgIpc) is 3.22. The second kappa shape index (κ2) is 5.98. The van der Waals surface area contributed by atoms with Gasteiger partial charge in [0, 0.05) is 17.2 Å². The fourth-order valence-corrected chi connectivity index (χ4v) is 3.59. The van der Waals surface area contributed by atoms with Gasteiger partial charge in [0.15, 0.2) is 17.3 Å². The van der Waals surface area contributed by atoms with E-state index in [0.29, 0.717) is 28.6 Å². The number of ether oxygens (including phenoxy) is 4. The SMILES string of the molecule is COc1cc([C@@H]2C3=C(COC3=O)Nc3n[nH]c(C)c32)cc(OC)c1OC. The second-order valence-corrected chi connectivity index (χ2v) is 6.10. The highest BCUT2D eigenvalue weighted by molar-refractivity contribution is 5.97. The van der Waals surface area contributed by atoms with Crippen molar-refractivity contribution in [3.05, 3.63) is 40.2 Å². The van der Waals surface area contributed by atoms with Gasteiger partial charge in [-0.25, -0.2) is 4.79 Å². The summed E-state index contributed by atoms with van der Waals surface area (Å²) in [6.07, 6.45) is 0. The number of hydrogen-bond acceptors (Lipinski definition) is 7. The molecule has 8 nitrogen and oxygen atoms in total. The van der Waals surface area contributed by atoms with Crippen molar-refractivity contribution in [2.45, 2.75) is 12.8 Å². The number of hydrogen-bond donors (Lipinski definition) is 2. The van der Waals surface area contributed by atoms with Crippen LogP contribution in [0.15, 0.2) is 23.4 Å². The summed E-state index contributed by atoms with van der Waals surface area (Å²) in [6.45, 7) is 2.13. The predicted octanol–water partition coefficient (Wildman–Crippen LogP) is 2.11. The number of aromatic amines is 1. The summed E-state index contributed by atoms with van der Waals surface area (Å²) in [5, 5.41) is 10.5. The Kier molecular flexibility index (Phi) is 3.75. The zero-order valence-corrected chi connectivity index (χ0v) is 14.9. The van der Waals surface area contributed by atoms with Crippen LogP contribution in [0.25, 0.3) is 0 Å². The molecule has 0 aliphatic carbocycles. The van der Waals surface area contributed by atoms with E-state index in [9.17, 15) is 4.79 Å². The van der Waals surface area contributed by atoms with Crippen LogP contribution in [0.2, 0.25) is 0 Å². The summed E-state index contributed by atoms with van der Waals surface area (Å²) in [6, 6.07) is 3.70. The molecule has 26 heavy (non-hydrogen) atoms. The normalized spacial score (nSPS) is 18.0. The molecule has 0 unspecified atom stereocenters. The van der Waals surface area contributed by atoms with Crippen molar-refractivity contribution >= 4 is 11.8 Å². The van der Waals surface area contributed by atoms with E-state index in [1.165, 1.54) is 0 Å². The second-order valence-electron chi connectivity index (χ2n) is 6.10. The lowest BCUT2D eigenvalue weighted by molar-refractivity contribution is -0.136. The van der Waals surface area contributed by atoms with Crippen molar-refractivity contribution in [3.8, 4) is 17.2 Å². The number of rotatable bonds is 4. The maximum Gasteiger partial charge on any atom is 0.337 e. The third-order valence-electron chi connectivity index (χ3n) is 4.75. The van der Waals surface area contributed by atoms with Crippen LogP contribution in [-0.2, 0) is 9.53 Å². The number of aryl methyl sites for hydroxylation is 1. The minimum absolute atomic E-state index is 0.209. The molecule has 136 valence electrons. The average molecular weight is 357 g/mol. The monoisotopic (exact) mass is 357 g/mol. The van der Waals surface area contributed by atoms with Gasteiger partial charge in [0.25, 0.3) is 0 Å². The molecule has 1 atom stereocenters. The van der Waals surface area contributed by atoms with Crippen molar-refractivity contribution in [1.82, 2.24) is 10.2 Å². The van der Waals surface area contributed by atoms with E-state index in [1.54, 1.807) is 21.3 Å². The molecule has 2 aliphatic heterocycles. The molecule has 8 heteroatoms. The molecule has 2 aromatic rings. The summed E-state index contributed by atoms with van der Waals surface area (Å²) in [7, 11) is 4.68. The van der Waals surface area contributed by atoms with Gasteiger partial charge in [-0.1, -0.05) is 0 Å². The van der Waals surface area contributed by atoms with Gasteiger partial charge < -0.3 is 24.3 Å². The van der Waals surface area contributed by atoms with Crippen LogP contribution in [0, 0.1) is 6.92 Å². The van der Waals surface area contributed by atoms with E-state index in [-0.39, 0.29) is 18.5 Å². The molecule has 0 bridgehead atoms. The van der Waals surface area contributed by atoms with Crippen LogP contribution in [0.3, 0.4) is 0 Å². The Hall–Kier alpha value is -3.16. The number of aromatic nitrogens is 2. The first kappa shape index (κ1) is 16.3. The topological polar surface area (TPSA) is 94.7 Å². The fraction of sp³-hybridized carbons (Fsp3) is 0.333. The molecule has 2 N–H and O–H groups in total. The fourth-order valence-electron chi connectivity index (χ4n) is 3.59. The molecule has 3 heterocycles. The summed E-state index contributed by atoms with van der Waals surface area (Å²) in [5.41, 5.74) is 3.91. The number of cyclic esters (lactones) is 1. The van der Waals surface area contributed by atoms with Gasteiger partial charge in [-0.15, -0.1) is 0 Å². The van der Waals surface area contributed by atoms with Crippen LogP contribution in [-0.4, -0.2) is 44.1 Å². The Morgan fingerprint density at radius 2 is 1.85 bits per heavy atom. The molecule has 0 spiro atoms. The summed E-state index contributed by atoms with van der Waals surface area (Å²) in [5.74, 6) is 1.56. The van der Waals surface area contributed by atoms with Crippen molar-refractivity contribution < 1.29 is 23.7 Å². The zero-order chi connectivity index (χ0) is 18.4. The molecule has 1 aromatic heterocycles. The Labute approximate surface area is 150 Å². The lowest BCUT2D eigenvalue weighted by Crippen LogP contribution is -2.20. The predicted molar refractivity (Wildman–Crippen MR) is 92.9 cm³/mol. The van der Waals surface area contributed by atoms with Gasteiger partial charge in [-0.3, -0.25) is 5.10 Å². The number of anilines is 1. The maximum absolute atomic E-state index is 12.4. The number of nitrogens with zero attached hydrogens (tertiary/aromatic N) is 1. The molecule has 2 aliphatic rings. The van der Waals surface area contributed by atoms with Crippen LogP contribution >= 0.6 is 0 Å². The van der Waals surface area contributed by atoms with Crippen molar-refractivity contribution in [2.24, 2.45) is 0 Å². The Bertz CT molecular complexity index is 906. The number of benzene rings is 1. The van der Waals surface area contributed by atoms with Gasteiger partial charge in [0.2, 0.25) is 5.75 Å². The first-order valence-corrected chi connectivity index (χ1v) is 8.11. The van der Waals surface area contributed by atoms with Crippen LogP contribution in [0.5, 0.6) is 17.2 Å². The summed E-state index contributed by atoms with van der Waals surface area (Å²) < 4.78 is 21.6. The lowest BCUT2D eigenvalue weighted by Gasteiger charge is -2.25. The highest BCUT2D eigenvalue weighted by Crippen LogP contribution is 2.48. The molecular formula is C18H19N3O5. The van der Waals surface area contributed by atoms with Gasteiger partial charge in [-0.2, -0.15) is 5.10 Å². The van der Waals surface area contributed by atoms with Gasteiger partial charge >= 0.3 is 5.97 Å². The van der Waals surface area contributed by atoms with Crippen LogP contribution < -0.4 is 19.5 Å². The highest BCUT2D eigenvalue weighted by Gasteiger charge is 2.41. The lowest BCUT2D eigenvalue weighted by atomic mass is 9.82. The molecule has 0 saturated heterocycles. The smallest absolute Gasteiger partial charge is 0.337 e. The largest absolute Gasteiger partial charge is 0.493 e. The van der Waals surface area contributed by atoms with Crippen LogP contribution in [0.1, 0.15) is 22.7 Å². The standard InChI is InChI=1S/C18H19N3O5/c1-8-13-14(9-5-11(23-2)16(25-4)12(6-9)24-3)15-10(7-26-18(15)22)19-17(13)21-20-8/h5-6,14H,7H2,1-4H3,(H2,19,20,21)/t14-/m0/s1. The van der Waals surface area contributed by atoms with Crippen molar-refractivity contribution in [3.63, 3.8) is 0 Å². The van der Waals surface area contributed by atoms with E-state index in [4.69, 9.17) is 18.9 Å². The molecule has 0 fully saturated rings. The molecular weight excluding hydrogens is 338 g/mol. The Morgan fingerprint density at radius 1 is 1.15 bits per heavy atom. The van der Waals surface area contributed by atoms with Gasteiger partial charge in [-0.05, 0) is 24.6 Å². The number of nitrogens with one attached hydrogen (secondary N) is 2. The number of carbonyl (C=O) groups excluding carboxylic acids is 1. The number of H-pyrrole nitrogens is 1. The third-order valence-corrected chi connectivity index (χ3v) is 4.75. The first-order valence-electron chi connectivity index (χ1n) is 8.11. The zero-order valence-electron chi connectivity index (χ0n) is 14.9. The third kappa shape index (κ3) is 2.22. The summed E-state index contributed by atoms with van der Waals surface area (Å²) >= 11 is 0. The minimum atomic E-state index is -0.344. The summed E-state index contributed by atoms with van der Waals surface area (Å²) in [4.78, 5) is 12.4. The molecule has 1 aromatic carbocycles. The first-order chi connectivity index (χ1) is 12.6. The van der Waals surface area contributed by atoms with Gasteiger partial charge in [0.1, 0.15) is 6.61 Å². The highest BCUT2D eigenvalue weighted by atomic mass is 16.5. The maximum atomic E-state index is 12.4. The van der Waals surface area contributed by atoms with Crippen molar-refractivity contribution in [1.29, 1.82) is 0 Å². The minimum Gasteiger partial charge on any atom is -0.493 e. The van der Waals surface area contributed by atoms with Gasteiger partial charge in [0.05, 0.1) is 32.6 Å². The van der Waals surface area contributed by atoms with E-state index in [1.807, 2.05) is 19.1 Å². The number of carbonyl (C=O) groups is 1. The molecule has 0 amide bonds. The quantitative estimate of drug-likeness (QED) is 0.809. The van der Waals surface area contributed by atoms with E-state index in [2.05, 4.69) is 15.5 Å². The Balaban J connectivity index is 1.96. The van der Waals surface area contributed by atoms with E-state index >= 15 is 0 Å². The Morgan fingerprint density at radius 3 is 2.46 bits per heavy atom. The molecule has 4 rings (SSSR count). The molecule has 0 saturated carbocycles. The van der Waals surface area contributed by atoms with Crippen LogP contribution in [0.4, 0.5) is 5.82 Å². The number of esters is 1. The van der Waals surface area contributed by atoms with Crippen molar-refractivity contribution in [2.75, 3.05) is 33.3 Å². The molecule has 0 radical (unpaired) electrons. The van der Waals surface area contributed by atoms with E-state index in [0.717, 1.165) is 22.5 Å². The number of fused-ring (bicyclic) bond motifs is 1. The number of methoxy groups -OCH3 is 3.